The van der Waals surface area contributed by atoms with Gasteiger partial charge < -0.3 is 14.7 Å². The van der Waals surface area contributed by atoms with Crippen LogP contribution in [0.2, 0.25) is 0 Å². The summed E-state index contributed by atoms with van der Waals surface area (Å²) in [6, 6.07) is 0. The number of nitrogens with zero attached hydrogens (tertiary/aromatic N) is 1. The Morgan fingerprint density at radius 1 is 1.32 bits per heavy atom. The third-order valence-corrected chi connectivity index (χ3v) is 3.68. The molecule has 1 N–H and O–H groups in total. The number of amides is 1. The van der Waals surface area contributed by atoms with Crippen molar-refractivity contribution in [1.29, 1.82) is 0 Å². The Labute approximate surface area is 112 Å². The number of carbonyl (C=O) groups excluding carboxylic acids is 2. The van der Waals surface area contributed by atoms with Crippen LogP contribution in [0.4, 0.5) is 0 Å². The van der Waals surface area contributed by atoms with Crippen LogP contribution in [0, 0.1) is 17.8 Å². The minimum Gasteiger partial charge on any atom is -0.481 e. The van der Waals surface area contributed by atoms with Gasteiger partial charge in [-0.15, -0.1) is 0 Å². The van der Waals surface area contributed by atoms with E-state index in [1.165, 1.54) is 12.0 Å². The topological polar surface area (TPSA) is 83.9 Å². The molecule has 0 heterocycles. The van der Waals surface area contributed by atoms with Crippen LogP contribution in [0.5, 0.6) is 0 Å². The van der Waals surface area contributed by atoms with Gasteiger partial charge in [0.05, 0.1) is 24.9 Å². The quantitative estimate of drug-likeness (QED) is 0.746. The average molecular weight is 271 g/mol. The zero-order valence-corrected chi connectivity index (χ0v) is 11.6. The highest BCUT2D eigenvalue weighted by Gasteiger charge is 2.39. The van der Waals surface area contributed by atoms with Gasteiger partial charge >= 0.3 is 11.9 Å². The third-order valence-electron chi connectivity index (χ3n) is 3.68. The van der Waals surface area contributed by atoms with Crippen molar-refractivity contribution in [3.8, 4) is 0 Å². The number of esters is 1. The molecule has 1 aliphatic rings. The molecule has 0 radical (unpaired) electrons. The molecule has 0 aromatic carbocycles. The van der Waals surface area contributed by atoms with E-state index in [0.717, 1.165) is 6.42 Å². The second kappa shape index (κ2) is 6.54. The molecule has 1 saturated carbocycles. The fourth-order valence-corrected chi connectivity index (χ4v) is 2.61. The lowest BCUT2D eigenvalue weighted by Crippen LogP contribution is -2.40. The van der Waals surface area contributed by atoms with Crippen LogP contribution in [0.1, 0.15) is 26.2 Å². The van der Waals surface area contributed by atoms with E-state index in [1.807, 2.05) is 0 Å². The second-order valence-corrected chi connectivity index (χ2v) is 5.13. The van der Waals surface area contributed by atoms with E-state index in [4.69, 9.17) is 5.11 Å². The summed E-state index contributed by atoms with van der Waals surface area (Å²) in [6.07, 6.45) is 1.91. The van der Waals surface area contributed by atoms with Crippen molar-refractivity contribution in [3.63, 3.8) is 0 Å². The predicted molar refractivity (Wildman–Crippen MR) is 67.3 cm³/mol. The molecule has 0 aliphatic heterocycles. The van der Waals surface area contributed by atoms with Gasteiger partial charge in [0.2, 0.25) is 5.91 Å². The number of hydrogen-bond donors (Lipinski definition) is 1. The summed E-state index contributed by atoms with van der Waals surface area (Å²) in [4.78, 5) is 36.0. The van der Waals surface area contributed by atoms with Gasteiger partial charge in [0, 0.05) is 13.6 Å². The molecule has 1 fully saturated rings. The van der Waals surface area contributed by atoms with Gasteiger partial charge in [0.1, 0.15) is 0 Å². The van der Waals surface area contributed by atoms with Crippen LogP contribution in [0.3, 0.4) is 0 Å². The molecule has 19 heavy (non-hydrogen) atoms. The highest BCUT2D eigenvalue weighted by Crippen LogP contribution is 2.33. The van der Waals surface area contributed by atoms with E-state index in [2.05, 4.69) is 4.74 Å². The van der Waals surface area contributed by atoms with Gasteiger partial charge in [0.25, 0.3) is 0 Å². The Kier molecular flexibility index (Phi) is 5.32. The number of carbonyl (C=O) groups is 3. The Morgan fingerprint density at radius 2 is 1.89 bits per heavy atom. The van der Waals surface area contributed by atoms with E-state index in [0.29, 0.717) is 12.8 Å². The zero-order chi connectivity index (χ0) is 14.6. The minimum absolute atomic E-state index is 0.194. The maximum Gasteiger partial charge on any atom is 0.310 e. The Bertz CT molecular complexity index is 368. The molecule has 3 atom stereocenters. The molecule has 1 aliphatic carbocycles. The van der Waals surface area contributed by atoms with E-state index in [1.54, 1.807) is 14.0 Å². The van der Waals surface area contributed by atoms with Crippen molar-refractivity contribution in [2.75, 3.05) is 20.7 Å². The summed E-state index contributed by atoms with van der Waals surface area (Å²) in [5.74, 6) is -2.95. The Morgan fingerprint density at radius 3 is 2.42 bits per heavy atom. The number of hydrogen-bond acceptors (Lipinski definition) is 4. The zero-order valence-electron chi connectivity index (χ0n) is 11.6. The first kappa shape index (κ1) is 15.5. The number of carboxylic acids is 1. The van der Waals surface area contributed by atoms with E-state index < -0.39 is 23.7 Å². The van der Waals surface area contributed by atoms with E-state index in [-0.39, 0.29) is 18.4 Å². The van der Waals surface area contributed by atoms with Gasteiger partial charge in [-0.2, -0.15) is 0 Å². The number of ether oxygens (including phenoxy) is 1. The van der Waals surface area contributed by atoms with Crippen molar-refractivity contribution in [2.24, 2.45) is 17.8 Å². The normalized spacial score (nSPS) is 23.7. The highest BCUT2D eigenvalue weighted by atomic mass is 16.5. The molecule has 0 saturated heterocycles. The van der Waals surface area contributed by atoms with Gasteiger partial charge in [-0.25, -0.2) is 0 Å². The van der Waals surface area contributed by atoms with Gasteiger partial charge in [-0.3, -0.25) is 14.4 Å². The van der Waals surface area contributed by atoms with Crippen LogP contribution < -0.4 is 0 Å². The standard InChI is InChI=1S/C13H21NO5/c1-8(13(18)19-3)7-14(2)11(15)9-5-4-6-10(9)12(16)17/h8-10H,4-7H2,1-3H3,(H,16,17). The lowest BCUT2D eigenvalue weighted by atomic mass is 9.94. The SMILES string of the molecule is COC(=O)C(C)CN(C)C(=O)C1CCCC1C(=O)O. The fourth-order valence-electron chi connectivity index (χ4n) is 2.61. The largest absolute Gasteiger partial charge is 0.481 e. The summed E-state index contributed by atoms with van der Waals surface area (Å²) in [7, 11) is 2.90. The van der Waals surface area contributed by atoms with Gasteiger partial charge in [-0.05, 0) is 12.8 Å². The molecule has 6 heteroatoms. The molecule has 1 amide bonds. The molecular weight excluding hydrogens is 250 g/mol. The monoisotopic (exact) mass is 271 g/mol. The lowest BCUT2D eigenvalue weighted by molar-refractivity contribution is -0.150. The molecule has 0 aromatic heterocycles. The smallest absolute Gasteiger partial charge is 0.310 e. The summed E-state index contributed by atoms with van der Waals surface area (Å²) < 4.78 is 4.61. The maximum atomic E-state index is 12.2. The van der Waals surface area contributed by atoms with Crippen LogP contribution in [-0.2, 0) is 19.1 Å². The summed E-state index contributed by atoms with van der Waals surface area (Å²) >= 11 is 0. The molecule has 1 rings (SSSR count). The maximum absolute atomic E-state index is 12.2. The highest BCUT2D eigenvalue weighted by molar-refractivity contribution is 5.85. The first-order valence-corrected chi connectivity index (χ1v) is 6.44. The number of aliphatic carboxylic acids is 1. The van der Waals surface area contributed by atoms with Gasteiger partial charge in [0.15, 0.2) is 0 Å². The van der Waals surface area contributed by atoms with Crippen LogP contribution in [-0.4, -0.2) is 48.6 Å². The Balaban J connectivity index is 2.61. The van der Waals surface area contributed by atoms with Crippen LogP contribution in [0.25, 0.3) is 0 Å². The van der Waals surface area contributed by atoms with E-state index in [9.17, 15) is 14.4 Å². The first-order valence-electron chi connectivity index (χ1n) is 6.44. The first-order chi connectivity index (χ1) is 8.88. The van der Waals surface area contributed by atoms with E-state index >= 15 is 0 Å². The second-order valence-electron chi connectivity index (χ2n) is 5.13. The minimum atomic E-state index is -0.912. The molecule has 108 valence electrons. The van der Waals surface area contributed by atoms with Gasteiger partial charge in [-0.1, -0.05) is 13.3 Å². The van der Waals surface area contributed by atoms with Crippen molar-refractivity contribution in [2.45, 2.75) is 26.2 Å². The third kappa shape index (κ3) is 3.68. The lowest BCUT2D eigenvalue weighted by Gasteiger charge is -2.25. The summed E-state index contributed by atoms with van der Waals surface area (Å²) in [6.45, 7) is 1.92. The van der Waals surface area contributed by atoms with Crippen molar-refractivity contribution < 1.29 is 24.2 Å². The molecule has 0 aromatic rings. The molecule has 6 nitrogen and oxygen atoms in total. The molecule has 0 spiro atoms. The fraction of sp³-hybridized carbons (Fsp3) is 0.769. The average Bonchev–Trinajstić information content (AvgIpc) is 2.85. The molecule has 0 bridgehead atoms. The summed E-state index contributed by atoms with van der Waals surface area (Å²) in [5, 5.41) is 9.08. The number of carboxylic acid groups (broad SMARTS) is 1. The summed E-state index contributed by atoms with van der Waals surface area (Å²) in [5.41, 5.74) is 0. The predicted octanol–water partition coefficient (Wildman–Crippen LogP) is 0.755. The number of methoxy groups -OCH3 is 1. The van der Waals surface area contributed by atoms with Crippen molar-refractivity contribution in [1.82, 2.24) is 4.90 Å². The van der Waals surface area contributed by atoms with Crippen molar-refractivity contribution in [3.05, 3.63) is 0 Å². The molecule has 3 unspecified atom stereocenters. The number of rotatable bonds is 5. The van der Waals surface area contributed by atoms with Crippen molar-refractivity contribution >= 4 is 17.8 Å². The Hall–Kier alpha value is -1.59. The van der Waals surface area contributed by atoms with Crippen LogP contribution >= 0.6 is 0 Å². The molecular formula is C13H21NO5. The van der Waals surface area contributed by atoms with Crippen LogP contribution in [0.15, 0.2) is 0 Å².